The summed E-state index contributed by atoms with van der Waals surface area (Å²) in [5.74, 6) is -0.128. The lowest BCUT2D eigenvalue weighted by molar-refractivity contribution is 0.0953. The first-order valence-electron chi connectivity index (χ1n) is 11.9. The lowest BCUT2D eigenvalue weighted by atomic mass is 10.00. The third-order valence-corrected chi connectivity index (χ3v) is 6.75. The molecule has 0 spiro atoms. The monoisotopic (exact) mass is 454 g/mol. The van der Waals surface area contributed by atoms with Crippen LogP contribution < -0.4 is 10.5 Å². The predicted molar refractivity (Wildman–Crippen MR) is 130 cm³/mol. The van der Waals surface area contributed by atoms with E-state index in [-0.39, 0.29) is 17.6 Å². The second-order valence-electron chi connectivity index (χ2n) is 9.01. The molecule has 4 aliphatic heterocycles. The Morgan fingerprint density at radius 3 is 2.68 bits per heavy atom. The third kappa shape index (κ3) is 3.62. The van der Waals surface area contributed by atoms with E-state index in [2.05, 4.69) is 11.2 Å². The molecule has 1 fully saturated rings. The zero-order chi connectivity index (χ0) is 23.1. The van der Waals surface area contributed by atoms with Gasteiger partial charge in [-0.05, 0) is 49.4 Å². The van der Waals surface area contributed by atoms with Gasteiger partial charge in [-0.2, -0.15) is 9.78 Å². The fourth-order valence-electron chi connectivity index (χ4n) is 5.08. The van der Waals surface area contributed by atoms with E-state index < -0.39 is 0 Å². The van der Waals surface area contributed by atoms with E-state index in [1.165, 1.54) is 10.2 Å². The summed E-state index contributed by atoms with van der Waals surface area (Å²) in [6.07, 6.45) is 7.60. The van der Waals surface area contributed by atoms with Gasteiger partial charge in [0.25, 0.3) is 11.5 Å². The van der Waals surface area contributed by atoms with Gasteiger partial charge in [-0.1, -0.05) is 36.4 Å². The number of amides is 1. The van der Waals surface area contributed by atoms with Gasteiger partial charge in [0.15, 0.2) is 0 Å². The zero-order valence-electron chi connectivity index (χ0n) is 18.9. The Hall–Kier alpha value is -3.71. The summed E-state index contributed by atoms with van der Waals surface area (Å²) in [5.41, 5.74) is 3.88. The number of aromatic nitrogens is 3. The Morgan fingerprint density at radius 2 is 1.85 bits per heavy atom. The highest BCUT2D eigenvalue weighted by Crippen LogP contribution is 2.31. The Balaban J connectivity index is 1.49. The van der Waals surface area contributed by atoms with Crippen LogP contribution in [-0.4, -0.2) is 39.5 Å². The largest absolute Gasteiger partial charge is 0.376 e. The first-order valence-corrected chi connectivity index (χ1v) is 11.9. The van der Waals surface area contributed by atoms with Crippen molar-refractivity contribution in [2.45, 2.75) is 38.3 Å². The van der Waals surface area contributed by atoms with Crippen LogP contribution in [0.3, 0.4) is 0 Å². The van der Waals surface area contributed by atoms with Crippen LogP contribution in [0.5, 0.6) is 0 Å². The van der Waals surface area contributed by atoms with Crippen molar-refractivity contribution in [2.24, 2.45) is 0 Å². The molecule has 0 bridgehead atoms. The number of benzene rings is 2. The van der Waals surface area contributed by atoms with Crippen LogP contribution in [0, 0.1) is 0 Å². The number of nitrogens with zero attached hydrogens (tertiary/aromatic N) is 4. The van der Waals surface area contributed by atoms with Crippen molar-refractivity contribution in [1.82, 2.24) is 14.3 Å². The van der Waals surface area contributed by atoms with Crippen LogP contribution in [-0.2, 0) is 17.7 Å². The van der Waals surface area contributed by atoms with E-state index >= 15 is 0 Å². The third-order valence-electron chi connectivity index (χ3n) is 6.75. The molecule has 7 nitrogen and oxygen atoms in total. The van der Waals surface area contributed by atoms with Crippen molar-refractivity contribution < 1.29 is 9.53 Å². The van der Waals surface area contributed by atoms with Gasteiger partial charge in [0, 0.05) is 37.8 Å². The molecular formula is C27H26N4O3. The molecule has 4 aliphatic rings. The maximum Gasteiger partial charge on any atom is 0.282 e. The summed E-state index contributed by atoms with van der Waals surface area (Å²) < 4.78 is 9.14. The highest BCUT2D eigenvalue weighted by Gasteiger charge is 2.30. The van der Waals surface area contributed by atoms with Crippen LogP contribution in [0.25, 0.3) is 16.9 Å². The van der Waals surface area contributed by atoms with E-state index in [4.69, 9.17) is 4.74 Å². The molecule has 1 atom stereocenters. The zero-order valence-corrected chi connectivity index (χ0v) is 18.9. The van der Waals surface area contributed by atoms with Crippen LogP contribution in [0.1, 0.15) is 35.2 Å². The van der Waals surface area contributed by atoms with Gasteiger partial charge >= 0.3 is 0 Å². The predicted octanol–water partition coefficient (Wildman–Crippen LogP) is 3.91. The molecule has 6 rings (SSSR count). The standard InChI is InChI=1S/C27H26N4O3/c32-26(30-14-6-9-19-8-4-5-13-24(19)30)22-17-29(16-21-12-7-15-34-21)18-23-25(22)28-31(27(23)33)20-10-2-1-3-11-20/h1-5,8,10-11,13,17-18,21H,6-7,9,12,14-16H2. The van der Waals surface area contributed by atoms with Crippen molar-refractivity contribution in [2.75, 3.05) is 18.1 Å². The molecule has 2 aromatic rings. The number of fused-ring (bicyclic) bond motifs is 2. The number of hydrogen-bond donors (Lipinski definition) is 0. The summed E-state index contributed by atoms with van der Waals surface area (Å²) in [6.45, 7) is 1.99. The number of para-hydroxylation sites is 2. The Kier molecular flexibility index (Phi) is 5.26. The minimum Gasteiger partial charge on any atom is -0.376 e. The molecule has 34 heavy (non-hydrogen) atoms. The van der Waals surface area contributed by atoms with E-state index in [9.17, 15) is 9.59 Å². The molecule has 1 saturated heterocycles. The summed E-state index contributed by atoms with van der Waals surface area (Å²) in [7, 11) is 0. The normalized spacial score (nSPS) is 17.8. The fourth-order valence-corrected chi connectivity index (χ4v) is 5.08. The average molecular weight is 455 g/mol. The second kappa shape index (κ2) is 8.57. The quantitative estimate of drug-likeness (QED) is 0.469. The van der Waals surface area contributed by atoms with Crippen LogP contribution in [0.2, 0.25) is 0 Å². The Labute approximate surface area is 197 Å². The summed E-state index contributed by atoms with van der Waals surface area (Å²) in [4.78, 5) is 29.2. The Morgan fingerprint density at radius 1 is 1.03 bits per heavy atom. The van der Waals surface area contributed by atoms with Crippen molar-refractivity contribution >= 4 is 11.6 Å². The lowest BCUT2D eigenvalue weighted by Crippen LogP contribution is -2.36. The van der Waals surface area contributed by atoms with E-state index in [1.54, 1.807) is 0 Å². The second-order valence-corrected chi connectivity index (χ2v) is 9.01. The lowest BCUT2D eigenvalue weighted by Gasteiger charge is -2.30. The first kappa shape index (κ1) is 20.9. The average Bonchev–Trinajstić information content (AvgIpc) is 3.51. The number of aryl methyl sites for hydroxylation is 1. The SMILES string of the molecule is O=C(c1cn(CC2CCCO2)cc2c(=O)n(-c3ccccc3)nc1-2)N1CCCc2ccccc21. The molecule has 4 heterocycles. The van der Waals surface area contributed by atoms with Gasteiger partial charge in [-0.15, -0.1) is 0 Å². The summed E-state index contributed by atoms with van der Waals surface area (Å²) in [5, 5.41) is 4.64. The smallest absolute Gasteiger partial charge is 0.282 e. The number of carbonyl (C=O) groups is 1. The summed E-state index contributed by atoms with van der Waals surface area (Å²) in [6, 6.07) is 17.4. The molecule has 2 aromatic carbocycles. The van der Waals surface area contributed by atoms with Gasteiger partial charge in [-0.3, -0.25) is 9.59 Å². The highest BCUT2D eigenvalue weighted by molar-refractivity contribution is 6.10. The van der Waals surface area contributed by atoms with Crippen molar-refractivity contribution in [3.63, 3.8) is 0 Å². The number of rotatable bonds is 4. The molecule has 0 N–H and O–H groups in total. The van der Waals surface area contributed by atoms with Gasteiger partial charge in [0.1, 0.15) is 5.69 Å². The molecular weight excluding hydrogens is 428 g/mol. The number of carbonyl (C=O) groups excluding carboxylic acids is 1. The van der Waals surface area contributed by atoms with E-state index in [0.29, 0.717) is 35.6 Å². The number of pyridine rings is 1. The van der Waals surface area contributed by atoms with Crippen LogP contribution in [0.15, 0.2) is 71.8 Å². The van der Waals surface area contributed by atoms with Gasteiger partial charge in [0.2, 0.25) is 0 Å². The maximum absolute atomic E-state index is 14.0. The van der Waals surface area contributed by atoms with Gasteiger partial charge in [-0.25, -0.2) is 0 Å². The minimum atomic E-state index is -0.226. The molecule has 0 aromatic heterocycles. The molecule has 7 heteroatoms. The van der Waals surface area contributed by atoms with Crippen molar-refractivity contribution in [1.29, 1.82) is 0 Å². The number of ether oxygens (including phenoxy) is 1. The number of anilines is 1. The maximum atomic E-state index is 14.0. The van der Waals surface area contributed by atoms with Crippen molar-refractivity contribution in [3.05, 3.63) is 88.5 Å². The molecule has 1 amide bonds. The molecule has 172 valence electrons. The minimum absolute atomic E-state index is 0.0837. The topological polar surface area (TPSA) is 69.4 Å². The first-order chi connectivity index (χ1) is 16.7. The fraction of sp³-hybridized carbons (Fsp3) is 0.296. The van der Waals surface area contributed by atoms with Gasteiger partial charge in [0.05, 0.1) is 22.9 Å². The summed E-state index contributed by atoms with van der Waals surface area (Å²) >= 11 is 0. The molecule has 0 radical (unpaired) electrons. The highest BCUT2D eigenvalue weighted by atomic mass is 16.5. The van der Waals surface area contributed by atoms with E-state index in [0.717, 1.165) is 38.0 Å². The number of hydrogen-bond acceptors (Lipinski definition) is 4. The van der Waals surface area contributed by atoms with E-state index in [1.807, 2.05) is 70.4 Å². The molecule has 0 aliphatic carbocycles. The van der Waals surface area contributed by atoms with Gasteiger partial charge < -0.3 is 14.2 Å². The van der Waals surface area contributed by atoms with Crippen LogP contribution in [0.4, 0.5) is 5.69 Å². The Bertz CT molecular complexity index is 1370. The van der Waals surface area contributed by atoms with Crippen molar-refractivity contribution in [3.8, 4) is 16.9 Å². The molecule has 0 saturated carbocycles. The van der Waals surface area contributed by atoms with Crippen LogP contribution >= 0.6 is 0 Å². The molecule has 1 unspecified atom stereocenters.